The highest BCUT2D eigenvalue weighted by Gasteiger charge is 2.04. The van der Waals surface area contributed by atoms with Gasteiger partial charge in [0.1, 0.15) is 0 Å². The van der Waals surface area contributed by atoms with E-state index in [-0.39, 0.29) is 18.3 Å². The number of amides is 1. The minimum absolute atomic E-state index is 0.0545. The van der Waals surface area contributed by atoms with E-state index in [9.17, 15) is 9.59 Å². The van der Waals surface area contributed by atoms with Crippen LogP contribution < -0.4 is 11.1 Å². The molecule has 0 heterocycles. The molecule has 0 fully saturated rings. The summed E-state index contributed by atoms with van der Waals surface area (Å²) in [7, 11) is 1.36. The Balaban J connectivity index is 2.49. The first-order valence-corrected chi connectivity index (χ1v) is 5.81. The van der Waals surface area contributed by atoms with Crippen LogP contribution in [0.25, 0.3) is 0 Å². The number of nitrogens with two attached hydrogens (primary N) is 1. The fourth-order valence-corrected chi connectivity index (χ4v) is 1.43. The van der Waals surface area contributed by atoms with E-state index in [0.717, 1.165) is 5.56 Å². The van der Waals surface area contributed by atoms with Gasteiger partial charge >= 0.3 is 5.97 Å². The number of hydrogen-bond donors (Lipinski definition) is 2. The van der Waals surface area contributed by atoms with Crippen LogP contribution in [0.2, 0.25) is 0 Å². The molecule has 0 aromatic heterocycles. The summed E-state index contributed by atoms with van der Waals surface area (Å²) in [4.78, 5) is 22.5. The van der Waals surface area contributed by atoms with Crippen molar-refractivity contribution < 1.29 is 14.3 Å². The van der Waals surface area contributed by atoms with E-state index in [0.29, 0.717) is 25.1 Å². The third-order valence-electron chi connectivity index (χ3n) is 2.42. The molecule has 0 bridgehead atoms. The highest BCUT2D eigenvalue weighted by molar-refractivity contribution is 5.90. The molecule has 5 nitrogen and oxygen atoms in total. The molecular weight excluding hydrogens is 232 g/mol. The highest BCUT2D eigenvalue weighted by atomic mass is 16.5. The van der Waals surface area contributed by atoms with Crippen molar-refractivity contribution >= 4 is 17.6 Å². The predicted molar refractivity (Wildman–Crippen MR) is 69.1 cm³/mol. The molecule has 3 N–H and O–H groups in total. The first-order valence-electron chi connectivity index (χ1n) is 5.81. The number of hydrogen-bond acceptors (Lipinski definition) is 4. The topological polar surface area (TPSA) is 81.4 Å². The summed E-state index contributed by atoms with van der Waals surface area (Å²) in [5.41, 5.74) is 6.89. The van der Waals surface area contributed by atoms with Gasteiger partial charge in [0.15, 0.2) is 0 Å². The Kier molecular flexibility index (Phi) is 5.87. The lowest BCUT2D eigenvalue weighted by molar-refractivity contribution is -0.139. The van der Waals surface area contributed by atoms with E-state index < -0.39 is 0 Å². The van der Waals surface area contributed by atoms with Crippen LogP contribution >= 0.6 is 0 Å². The van der Waals surface area contributed by atoms with Crippen LogP contribution in [0.4, 0.5) is 5.69 Å². The van der Waals surface area contributed by atoms with Gasteiger partial charge in [0.2, 0.25) is 5.91 Å². The molecule has 1 aromatic carbocycles. The van der Waals surface area contributed by atoms with Gasteiger partial charge in [0.05, 0.1) is 13.5 Å². The molecule has 0 radical (unpaired) electrons. The monoisotopic (exact) mass is 250 g/mol. The fourth-order valence-electron chi connectivity index (χ4n) is 1.43. The van der Waals surface area contributed by atoms with Gasteiger partial charge in [-0.2, -0.15) is 0 Å². The molecule has 0 aliphatic heterocycles. The maximum Gasteiger partial charge on any atom is 0.309 e. The number of carbonyl (C=O) groups excluding carboxylic acids is 2. The number of carbonyl (C=O) groups is 2. The summed E-state index contributed by atoms with van der Waals surface area (Å²) in [6.45, 7) is 0.505. The summed E-state index contributed by atoms with van der Waals surface area (Å²) >= 11 is 0. The van der Waals surface area contributed by atoms with E-state index in [2.05, 4.69) is 10.1 Å². The standard InChI is InChI=1S/C13H18N2O3/c1-18-13(17)9-10-4-6-11(7-5-10)15-12(16)3-2-8-14/h4-7H,2-3,8-9,14H2,1H3,(H,15,16). The summed E-state index contributed by atoms with van der Waals surface area (Å²) in [5.74, 6) is -0.337. The number of anilines is 1. The van der Waals surface area contributed by atoms with Gasteiger partial charge in [0.25, 0.3) is 0 Å². The SMILES string of the molecule is COC(=O)Cc1ccc(NC(=O)CCCN)cc1. The van der Waals surface area contributed by atoms with Crippen molar-refractivity contribution in [2.24, 2.45) is 5.73 Å². The molecule has 98 valence electrons. The van der Waals surface area contributed by atoms with E-state index in [1.54, 1.807) is 24.3 Å². The number of ether oxygens (including phenoxy) is 1. The van der Waals surface area contributed by atoms with E-state index in [1.165, 1.54) is 7.11 Å². The molecule has 5 heteroatoms. The van der Waals surface area contributed by atoms with Crippen molar-refractivity contribution in [1.29, 1.82) is 0 Å². The zero-order valence-electron chi connectivity index (χ0n) is 10.4. The Morgan fingerprint density at radius 2 is 1.94 bits per heavy atom. The predicted octanol–water partition coefficient (Wildman–Crippen LogP) is 1.08. The van der Waals surface area contributed by atoms with E-state index in [1.807, 2.05) is 0 Å². The van der Waals surface area contributed by atoms with Gasteiger partial charge in [-0.1, -0.05) is 12.1 Å². The van der Waals surface area contributed by atoms with Crippen LogP contribution in [0.1, 0.15) is 18.4 Å². The molecule has 0 saturated carbocycles. The Labute approximate surface area is 106 Å². The highest BCUT2D eigenvalue weighted by Crippen LogP contribution is 2.11. The summed E-state index contributed by atoms with van der Waals surface area (Å²) in [6.07, 6.45) is 1.32. The fraction of sp³-hybridized carbons (Fsp3) is 0.385. The minimum atomic E-state index is -0.283. The second-order valence-electron chi connectivity index (χ2n) is 3.89. The van der Waals surface area contributed by atoms with Crippen LogP contribution in [0.15, 0.2) is 24.3 Å². The molecule has 18 heavy (non-hydrogen) atoms. The largest absolute Gasteiger partial charge is 0.469 e. The molecule has 0 aliphatic carbocycles. The Hall–Kier alpha value is -1.88. The quantitative estimate of drug-likeness (QED) is 0.740. The Bertz CT molecular complexity index is 401. The smallest absolute Gasteiger partial charge is 0.309 e. The lowest BCUT2D eigenvalue weighted by Gasteiger charge is -2.06. The van der Waals surface area contributed by atoms with Gasteiger partial charge in [-0.3, -0.25) is 9.59 Å². The van der Waals surface area contributed by atoms with Gasteiger partial charge in [0, 0.05) is 12.1 Å². The van der Waals surface area contributed by atoms with Gasteiger partial charge in [-0.05, 0) is 30.7 Å². The van der Waals surface area contributed by atoms with Gasteiger partial charge < -0.3 is 15.8 Å². The molecule has 0 spiro atoms. The summed E-state index contributed by atoms with van der Waals surface area (Å²) in [5, 5.41) is 2.76. The number of rotatable bonds is 6. The van der Waals surface area contributed by atoms with Gasteiger partial charge in [-0.25, -0.2) is 0 Å². The minimum Gasteiger partial charge on any atom is -0.469 e. The maximum atomic E-state index is 11.4. The van der Waals surface area contributed by atoms with Crippen molar-refractivity contribution in [2.75, 3.05) is 19.0 Å². The second-order valence-corrected chi connectivity index (χ2v) is 3.89. The molecular formula is C13H18N2O3. The van der Waals surface area contributed by atoms with Crippen LogP contribution in [-0.4, -0.2) is 25.5 Å². The first kappa shape index (κ1) is 14.2. The zero-order valence-corrected chi connectivity index (χ0v) is 10.4. The third kappa shape index (κ3) is 4.97. The zero-order chi connectivity index (χ0) is 13.4. The number of esters is 1. The van der Waals surface area contributed by atoms with Crippen molar-refractivity contribution in [1.82, 2.24) is 0 Å². The maximum absolute atomic E-state index is 11.4. The normalized spacial score (nSPS) is 9.89. The molecule has 1 rings (SSSR count). The number of benzene rings is 1. The molecule has 0 aliphatic rings. The Morgan fingerprint density at radius 1 is 1.28 bits per heavy atom. The molecule has 1 amide bonds. The van der Waals surface area contributed by atoms with Crippen LogP contribution in [-0.2, 0) is 20.7 Å². The molecule has 1 aromatic rings. The number of methoxy groups -OCH3 is 1. The summed E-state index contributed by atoms with van der Waals surface area (Å²) < 4.78 is 4.57. The first-order chi connectivity index (χ1) is 8.65. The van der Waals surface area contributed by atoms with Crippen molar-refractivity contribution in [3.8, 4) is 0 Å². The van der Waals surface area contributed by atoms with E-state index >= 15 is 0 Å². The number of nitrogens with one attached hydrogen (secondary N) is 1. The molecule has 0 saturated heterocycles. The average Bonchev–Trinajstić information content (AvgIpc) is 2.38. The third-order valence-corrected chi connectivity index (χ3v) is 2.42. The van der Waals surface area contributed by atoms with Crippen LogP contribution in [0, 0.1) is 0 Å². The summed E-state index contributed by atoms with van der Waals surface area (Å²) in [6, 6.07) is 7.10. The average molecular weight is 250 g/mol. The Morgan fingerprint density at radius 3 is 2.50 bits per heavy atom. The molecule has 0 atom stereocenters. The van der Waals surface area contributed by atoms with Crippen molar-refractivity contribution in [2.45, 2.75) is 19.3 Å². The van der Waals surface area contributed by atoms with E-state index in [4.69, 9.17) is 5.73 Å². The lowest BCUT2D eigenvalue weighted by Crippen LogP contribution is -2.13. The van der Waals surface area contributed by atoms with Gasteiger partial charge in [-0.15, -0.1) is 0 Å². The van der Waals surface area contributed by atoms with Crippen LogP contribution in [0.3, 0.4) is 0 Å². The van der Waals surface area contributed by atoms with Crippen molar-refractivity contribution in [3.63, 3.8) is 0 Å². The lowest BCUT2D eigenvalue weighted by atomic mass is 10.1. The molecule has 0 unspecified atom stereocenters. The second kappa shape index (κ2) is 7.45. The van der Waals surface area contributed by atoms with Crippen molar-refractivity contribution in [3.05, 3.63) is 29.8 Å². The van der Waals surface area contributed by atoms with Crippen LogP contribution in [0.5, 0.6) is 0 Å².